The van der Waals surface area contributed by atoms with Gasteiger partial charge in [0.05, 0.1) is 6.42 Å². The van der Waals surface area contributed by atoms with E-state index in [0.29, 0.717) is 13.0 Å². The van der Waals surface area contributed by atoms with Crippen LogP contribution >= 0.6 is 0 Å². The molecular weight excluding hydrogens is 420 g/mol. The minimum Gasteiger partial charge on any atom is -0.352 e. The Bertz CT molecular complexity index is 1100. The summed E-state index contributed by atoms with van der Waals surface area (Å²) in [5, 5.41) is 3.04. The molecule has 0 aliphatic heterocycles. The van der Waals surface area contributed by atoms with E-state index in [2.05, 4.69) is 29.6 Å². The van der Waals surface area contributed by atoms with Gasteiger partial charge >= 0.3 is 0 Å². The van der Waals surface area contributed by atoms with Crippen molar-refractivity contribution in [2.75, 3.05) is 0 Å². The van der Waals surface area contributed by atoms with Crippen LogP contribution in [0.5, 0.6) is 0 Å². The predicted molar refractivity (Wildman–Crippen MR) is 139 cm³/mol. The van der Waals surface area contributed by atoms with Gasteiger partial charge < -0.3 is 10.2 Å². The maximum atomic E-state index is 13.8. The Labute approximate surface area is 204 Å². The molecule has 34 heavy (non-hydrogen) atoms. The number of aryl methyl sites for hydroxylation is 3. The summed E-state index contributed by atoms with van der Waals surface area (Å²) in [7, 11) is 0. The summed E-state index contributed by atoms with van der Waals surface area (Å²) in [6.07, 6.45) is 0.721. The third-order valence-electron chi connectivity index (χ3n) is 5.77. The smallest absolute Gasteiger partial charge is 0.243 e. The first-order valence-corrected chi connectivity index (χ1v) is 12.0. The van der Waals surface area contributed by atoms with Crippen LogP contribution in [0.1, 0.15) is 47.2 Å². The van der Waals surface area contributed by atoms with E-state index in [0.717, 1.165) is 33.4 Å². The lowest BCUT2D eigenvalue weighted by molar-refractivity contribution is -0.141. The molecule has 0 aromatic heterocycles. The predicted octanol–water partition coefficient (Wildman–Crippen LogP) is 5.32. The summed E-state index contributed by atoms with van der Waals surface area (Å²) in [6, 6.07) is 23.6. The Hall–Kier alpha value is -3.40. The highest BCUT2D eigenvalue weighted by atomic mass is 16.2. The van der Waals surface area contributed by atoms with Crippen LogP contribution in [0.3, 0.4) is 0 Å². The molecule has 4 nitrogen and oxygen atoms in total. The number of nitrogens with zero attached hydrogens (tertiary/aromatic N) is 1. The van der Waals surface area contributed by atoms with Crippen molar-refractivity contribution in [3.8, 4) is 0 Å². The van der Waals surface area contributed by atoms with Crippen LogP contribution in [-0.4, -0.2) is 28.8 Å². The average molecular weight is 457 g/mol. The average Bonchev–Trinajstić information content (AvgIpc) is 2.75. The molecule has 3 aromatic rings. The van der Waals surface area contributed by atoms with E-state index in [4.69, 9.17) is 0 Å². The molecule has 3 aromatic carbocycles. The van der Waals surface area contributed by atoms with Gasteiger partial charge in [-0.05, 0) is 51.3 Å². The molecule has 1 N–H and O–H groups in total. The van der Waals surface area contributed by atoms with Crippen molar-refractivity contribution in [3.63, 3.8) is 0 Å². The fourth-order valence-electron chi connectivity index (χ4n) is 4.39. The number of amides is 2. The van der Waals surface area contributed by atoms with E-state index in [-0.39, 0.29) is 24.3 Å². The second kappa shape index (κ2) is 11.6. The molecule has 0 spiro atoms. The molecule has 178 valence electrons. The molecule has 0 bridgehead atoms. The van der Waals surface area contributed by atoms with Crippen LogP contribution in [0, 0.1) is 20.8 Å². The summed E-state index contributed by atoms with van der Waals surface area (Å²) in [5.41, 5.74) is 6.41. The second-order valence-corrected chi connectivity index (χ2v) is 9.55. The van der Waals surface area contributed by atoms with E-state index < -0.39 is 6.04 Å². The zero-order chi connectivity index (χ0) is 24.7. The summed E-state index contributed by atoms with van der Waals surface area (Å²) >= 11 is 0. The fraction of sp³-hybridized carbons (Fsp3) is 0.333. The van der Waals surface area contributed by atoms with Crippen molar-refractivity contribution in [1.29, 1.82) is 0 Å². The normalized spacial score (nSPS) is 11.8. The first kappa shape index (κ1) is 25.2. The van der Waals surface area contributed by atoms with Gasteiger partial charge in [-0.3, -0.25) is 9.59 Å². The molecule has 0 unspecified atom stereocenters. The number of hydrogen-bond acceptors (Lipinski definition) is 2. The number of nitrogens with one attached hydrogen (secondary N) is 1. The van der Waals surface area contributed by atoms with Crippen molar-refractivity contribution in [2.24, 2.45) is 0 Å². The van der Waals surface area contributed by atoms with Crippen molar-refractivity contribution in [1.82, 2.24) is 10.2 Å². The Balaban J connectivity index is 1.99. The van der Waals surface area contributed by atoms with Gasteiger partial charge in [-0.15, -0.1) is 0 Å². The monoisotopic (exact) mass is 456 g/mol. The first-order chi connectivity index (χ1) is 16.2. The number of rotatable bonds is 9. The fourth-order valence-corrected chi connectivity index (χ4v) is 4.39. The number of benzene rings is 3. The lowest BCUT2D eigenvalue weighted by Gasteiger charge is -2.32. The standard InChI is InChI=1S/C30H36N2O2/c1-21(2)31-30(34)28(18-25-11-7-6-8-12-25)32(20-26-13-9-10-22(3)15-26)29(33)19-27-16-23(4)14-24(5)17-27/h6-17,21,28H,18-20H2,1-5H3,(H,31,34)/t28-/m1/s1. The van der Waals surface area contributed by atoms with E-state index in [9.17, 15) is 9.59 Å². The Morgan fingerprint density at radius 2 is 1.38 bits per heavy atom. The Morgan fingerprint density at radius 3 is 2.00 bits per heavy atom. The van der Waals surface area contributed by atoms with E-state index in [1.165, 1.54) is 0 Å². The van der Waals surface area contributed by atoms with Gasteiger partial charge in [-0.1, -0.05) is 89.5 Å². The Kier molecular flexibility index (Phi) is 8.64. The third-order valence-corrected chi connectivity index (χ3v) is 5.77. The molecule has 0 aliphatic carbocycles. The highest BCUT2D eigenvalue weighted by Gasteiger charge is 2.30. The van der Waals surface area contributed by atoms with E-state index in [1.54, 1.807) is 4.90 Å². The number of hydrogen-bond donors (Lipinski definition) is 1. The summed E-state index contributed by atoms with van der Waals surface area (Å²) < 4.78 is 0. The van der Waals surface area contributed by atoms with Crippen molar-refractivity contribution < 1.29 is 9.59 Å². The lowest BCUT2D eigenvalue weighted by Crippen LogP contribution is -2.52. The van der Waals surface area contributed by atoms with Crippen LogP contribution in [0.4, 0.5) is 0 Å². The van der Waals surface area contributed by atoms with E-state index in [1.807, 2.05) is 83.1 Å². The highest BCUT2D eigenvalue weighted by molar-refractivity contribution is 5.89. The minimum atomic E-state index is -0.608. The van der Waals surface area contributed by atoms with Gasteiger partial charge in [0.25, 0.3) is 0 Å². The van der Waals surface area contributed by atoms with Crippen molar-refractivity contribution in [3.05, 3.63) is 106 Å². The van der Waals surface area contributed by atoms with Gasteiger partial charge in [0.15, 0.2) is 0 Å². The Morgan fingerprint density at radius 1 is 0.765 bits per heavy atom. The summed E-state index contributed by atoms with van der Waals surface area (Å²) in [5.74, 6) is -0.174. The molecule has 0 saturated heterocycles. The molecule has 0 radical (unpaired) electrons. The zero-order valence-electron chi connectivity index (χ0n) is 21.0. The molecule has 0 aliphatic rings. The highest BCUT2D eigenvalue weighted by Crippen LogP contribution is 2.18. The summed E-state index contributed by atoms with van der Waals surface area (Å²) in [6.45, 7) is 10.4. The summed E-state index contributed by atoms with van der Waals surface area (Å²) in [4.78, 5) is 29.0. The first-order valence-electron chi connectivity index (χ1n) is 12.0. The minimum absolute atomic E-state index is 0.0129. The van der Waals surface area contributed by atoms with Gasteiger partial charge in [0.1, 0.15) is 6.04 Å². The number of carbonyl (C=O) groups is 2. The van der Waals surface area contributed by atoms with Crippen LogP contribution < -0.4 is 5.32 Å². The molecule has 0 fully saturated rings. The largest absolute Gasteiger partial charge is 0.352 e. The van der Waals surface area contributed by atoms with Crippen LogP contribution in [0.2, 0.25) is 0 Å². The van der Waals surface area contributed by atoms with Gasteiger partial charge in [-0.25, -0.2) is 0 Å². The van der Waals surface area contributed by atoms with Crippen molar-refractivity contribution in [2.45, 2.75) is 66.1 Å². The molecule has 0 saturated carbocycles. The maximum absolute atomic E-state index is 13.8. The van der Waals surface area contributed by atoms with Crippen LogP contribution in [0.25, 0.3) is 0 Å². The molecular formula is C30H36N2O2. The lowest BCUT2D eigenvalue weighted by atomic mass is 10.00. The van der Waals surface area contributed by atoms with Crippen molar-refractivity contribution >= 4 is 11.8 Å². The molecule has 2 amide bonds. The maximum Gasteiger partial charge on any atom is 0.243 e. The van der Waals surface area contributed by atoms with Gasteiger partial charge in [0, 0.05) is 19.0 Å². The number of carbonyl (C=O) groups excluding carboxylic acids is 2. The molecule has 0 heterocycles. The van der Waals surface area contributed by atoms with Crippen LogP contribution in [0.15, 0.2) is 72.8 Å². The SMILES string of the molecule is Cc1cc(C)cc(CC(=O)N(Cc2cccc(C)c2)[C@H](Cc2ccccc2)C(=O)NC(C)C)c1. The third kappa shape index (κ3) is 7.31. The molecule has 4 heteroatoms. The second-order valence-electron chi connectivity index (χ2n) is 9.55. The zero-order valence-corrected chi connectivity index (χ0v) is 21.0. The topological polar surface area (TPSA) is 49.4 Å². The molecule has 1 atom stereocenters. The van der Waals surface area contributed by atoms with Gasteiger partial charge in [0.2, 0.25) is 11.8 Å². The van der Waals surface area contributed by atoms with E-state index >= 15 is 0 Å². The quantitative estimate of drug-likeness (QED) is 0.474. The van der Waals surface area contributed by atoms with Crippen LogP contribution in [-0.2, 0) is 29.0 Å². The molecule has 3 rings (SSSR count). The van der Waals surface area contributed by atoms with Gasteiger partial charge in [-0.2, -0.15) is 0 Å².